The molecule has 5 heteroatoms. The van der Waals surface area contributed by atoms with Crippen LogP contribution in [0.3, 0.4) is 0 Å². The van der Waals surface area contributed by atoms with Gasteiger partial charge in [-0.3, -0.25) is 9.69 Å². The summed E-state index contributed by atoms with van der Waals surface area (Å²) in [6.07, 6.45) is 0. The molecule has 0 radical (unpaired) electrons. The van der Waals surface area contributed by atoms with E-state index in [0.29, 0.717) is 11.6 Å². The molecule has 19 heavy (non-hydrogen) atoms. The Morgan fingerprint density at radius 2 is 2.00 bits per heavy atom. The zero-order valence-corrected chi connectivity index (χ0v) is 11.9. The van der Waals surface area contributed by atoms with E-state index in [9.17, 15) is 4.79 Å². The fourth-order valence-corrected chi connectivity index (χ4v) is 2.32. The van der Waals surface area contributed by atoms with E-state index < -0.39 is 0 Å². The average molecular weight is 282 g/mol. The van der Waals surface area contributed by atoms with Gasteiger partial charge in [-0.2, -0.15) is 0 Å². The van der Waals surface area contributed by atoms with E-state index in [-0.39, 0.29) is 11.9 Å². The number of nitrogens with one attached hydrogen (secondary N) is 2. The van der Waals surface area contributed by atoms with E-state index in [0.717, 1.165) is 31.7 Å². The molecule has 1 aliphatic heterocycles. The van der Waals surface area contributed by atoms with Crippen LogP contribution in [0.2, 0.25) is 5.02 Å². The van der Waals surface area contributed by atoms with Crippen LogP contribution in [-0.2, 0) is 4.79 Å². The summed E-state index contributed by atoms with van der Waals surface area (Å²) in [7, 11) is 0. The number of carbonyl (C=O) groups is 1. The van der Waals surface area contributed by atoms with Crippen molar-refractivity contribution < 1.29 is 4.79 Å². The van der Waals surface area contributed by atoms with Gasteiger partial charge in [0.05, 0.1) is 12.6 Å². The zero-order chi connectivity index (χ0) is 13.7. The lowest BCUT2D eigenvalue weighted by molar-refractivity contribution is -0.123. The van der Waals surface area contributed by atoms with E-state index in [1.807, 2.05) is 31.2 Å². The number of hydrogen-bond acceptors (Lipinski definition) is 3. The summed E-state index contributed by atoms with van der Waals surface area (Å²) in [4.78, 5) is 14.1. The quantitative estimate of drug-likeness (QED) is 0.877. The predicted molar refractivity (Wildman–Crippen MR) is 77.3 cm³/mol. The lowest BCUT2D eigenvalue weighted by Crippen LogP contribution is -2.47. The fraction of sp³-hybridized carbons (Fsp3) is 0.500. The smallest absolute Gasteiger partial charge is 0.234 e. The Morgan fingerprint density at radius 1 is 1.37 bits per heavy atom. The molecule has 0 aliphatic carbocycles. The first-order valence-electron chi connectivity index (χ1n) is 6.63. The van der Waals surface area contributed by atoms with Crippen LogP contribution in [0, 0.1) is 0 Å². The normalized spacial score (nSPS) is 18.0. The van der Waals surface area contributed by atoms with Gasteiger partial charge >= 0.3 is 0 Å². The highest BCUT2D eigenvalue weighted by Gasteiger charge is 2.15. The molecule has 1 saturated heterocycles. The minimum Gasteiger partial charge on any atom is -0.348 e. The van der Waals surface area contributed by atoms with Crippen LogP contribution < -0.4 is 10.6 Å². The van der Waals surface area contributed by atoms with E-state index in [4.69, 9.17) is 11.6 Å². The molecule has 0 saturated carbocycles. The van der Waals surface area contributed by atoms with Crippen molar-refractivity contribution in [3.8, 4) is 0 Å². The summed E-state index contributed by atoms with van der Waals surface area (Å²) in [6.45, 7) is 6.24. The van der Waals surface area contributed by atoms with Crippen LogP contribution >= 0.6 is 11.6 Å². The summed E-state index contributed by atoms with van der Waals surface area (Å²) in [5.74, 6) is 0.0735. The summed E-state index contributed by atoms with van der Waals surface area (Å²) in [5.41, 5.74) is 1.07. The van der Waals surface area contributed by atoms with Crippen LogP contribution in [0.5, 0.6) is 0 Å². The minimum absolute atomic E-state index is 0.00711. The van der Waals surface area contributed by atoms with E-state index >= 15 is 0 Å². The Hall–Kier alpha value is -1.10. The second-order valence-corrected chi connectivity index (χ2v) is 5.30. The summed E-state index contributed by atoms with van der Waals surface area (Å²) in [5, 5.41) is 7.00. The van der Waals surface area contributed by atoms with Crippen LogP contribution in [0.4, 0.5) is 0 Å². The molecule has 1 unspecified atom stereocenters. The predicted octanol–water partition coefficient (Wildman–Crippen LogP) is 1.42. The number of piperazine rings is 1. The van der Waals surface area contributed by atoms with E-state index in [1.165, 1.54) is 0 Å². The maximum atomic E-state index is 12.0. The van der Waals surface area contributed by atoms with Gasteiger partial charge in [-0.05, 0) is 24.6 Å². The lowest BCUT2D eigenvalue weighted by atomic mass is 10.1. The maximum Gasteiger partial charge on any atom is 0.234 e. The van der Waals surface area contributed by atoms with Crippen LogP contribution in [0.25, 0.3) is 0 Å². The molecule has 0 bridgehead atoms. The summed E-state index contributed by atoms with van der Waals surface area (Å²) >= 11 is 5.85. The van der Waals surface area contributed by atoms with Gasteiger partial charge in [-0.1, -0.05) is 23.7 Å². The first kappa shape index (κ1) is 14.3. The Labute approximate surface area is 119 Å². The summed E-state index contributed by atoms with van der Waals surface area (Å²) < 4.78 is 0. The largest absolute Gasteiger partial charge is 0.348 e. The first-order valence-corrected chi connectivity index (χ1v) is 7.01. The molecule has 4 nitrogen and oxygen atoms in total. The second-order valence-electron chi connectivity index (χ2n) is 4.87. The number of rotatable bonds is 4. The van der Waals surface area contributed by atoms with Crippen molar-refractivity contribution in [2.75, 3.05) is 32.7 Å². The molecule has 1 aromatic carbocycles. The third-order valence-corrected chi connectivity index (χ3v) is 3.58. The molecule has 0 spiro atoms. The fourth-order valence-electron chi connectivity index (χ4n) is 2.19. The number of halogens is 1. The van der Waals surface area contributed by atoms with Gasteiger partial charge in [-0.15, -0.1) is 0 Å². The average Bonchev–Trinajstić information content (AvgIpc) is 2.40. The van der Waals surface area contributed by atoms with Gasteiger partial charge < -0.3 is 10.6 Å². The number of amides is 1. The van der Waals surface area contributed by atoms with E-state index in [2.05, 4.69) is 15.5 Å². The number of benzene rings is 1. The molecule has 104 valence electrons. The highest BCUT2D eigenvalue weighted by atomic mass is 35.5. The molecular weight excluding hydrogens is 262 g/mol. The third-order valence-electron chi connectivity index (χ3n) is 3.32. The molecule has 2 N–H and O–H groups in total. The summed E-state index contributed by atoms with van der Waals surface area (Å²) in [6, 6.07) is 7.58. The number of hydrogen-bond donors (Lipinski definition) is 2. The monoisotopic (exact) mass is 281 g/mol. The highest BCUT2D eigenvalue weighted by molar-refractivity contribution is 6.30. The molecule has 1 aliphatic rings. The third kappa shape index (κ3) is 4.49. The topological polar surface area (TPSA) is 44.4 Å². The van der Waals surface area contributed by atoms with Crippen LogP contribution in [0.1, 0.15) is 18.5 Å². The van der Waals surface area contributed by atoms with Gasteiger partial charge in [0.1, 0.15) is 0 Å². The van der Waals surface area contributed by atoms with Gasteiger partial charge in [-0.25, -0.2) is 0 Å². The first-order chi connectivity index (χ1) is 9.15. The molecule has 1 atom stereocenters. The Morgan fingerprint density at radius 3 is 2.63 bits per heavy atom. The van der Waals surface area contributed by atoms with Gasteiger partial charge in [0.25, 0.3) is 0 Å². The van der Waals surface area contributed by atoms with Crippen molar-refractivity contribution in [2.24, 2.45) is 0 Å². The molecular formula is C14H20ClN3O. The van der Waals surface area contributed by atoms with Crippen molar-refractivity contribution in [3.05, 3.63) is 34.9 Å². The SMILES string of the molecule is CC(NC(=O)CN1CCNCC1)c1ccc(Cl)cc1. The highest BCUT2D eigenvalue weighted by Crippen LogP contribution is 2.15. The molecule has 1 heterocycles. The number of nitrogens with zero attached hydrogens (tertiary/aromatic N) is 1. The minimum atomic E-state index is 0.00711. The van der Waals surface area contributed by atoms with Crippen LogP contribution in [-0.4, -0.2) is 43.5 Å². The van der Waals surface area contributed by atoms with E-state index in [1.54, 1.807) is 0 Å². The molecule has 0 aromatic heterocycles. The lowest BCUT2D eigenvalue weighted by Gasteiger charge is -2.27. The standard InChI is InChI=1S/C14H20ClN3O/c1-11(12-2-4-13(15)5-3-12)17-14(19)10-18-8-6-16-7-9-18/h2-5,11,16H,6-10H2,1H3,(H,17,19). The molecule has 1 fully saturated rings. The van der Waals surface area contributed by atoms with Crippen molar-refractivity contribution in [1.82, 2.24) is 15.5 Å². The zero-order valence-electron chi connectivity index (χ0n) is 11.2. The second kappa shape index (κ2) is 6.89. The van der Waals surface area contributed by atoms with Crippen LogP contribution in [0.15, 0.2) is 24.3 Å². The van der Waals surface area contributed by atoms with Crippen molar-refractivity contribution in [3.63, 3.8) is 0 Å². The Bertz CT molecular complexity index is 415. The van der Waals surface area contributed by atoms with Gasteiger partial charge in [0.15, 0.2) is 0 Å². The molecule has 1 amide bonds. The Kier molecular flexibility index (Phi) is 5.19. The number of carbonyl (C=O) groups excluding carboxylic acids is 1. The maximum absolute atomic E-state index is 12.0. The van der Waals surface area contributed by atoms with Crippen molar-refractivity contribution >= 4 is 17.5 Å². The van der Waals surface area contributed by atoms with Crippen molar-refractivity contribution in [2.45, 2.75) is 13.0 Å². The molecule has 1 aromatic rings. The molecule has 2 rings (SSSR count). The van der Waals surface area contributed by atoms with Gasteiger partial charge in [0.2, 0.25) is 5.91 Å². The van der Waals surface area contributed by atoms with Gasteiger partial charge in [0, 0.05) is 31.2 Å². The Balaban J connectivity index is 1.82. The van der Waals surface area contributed by atoms with Crippen molar-refractivity contribution in [1.29, 1.82) is 0 Å².